The third-order valence-corrected chi connectivity index (χ3v) is 7.86. The van der Waals surface area contributed by atoms with Gasteiger partial charge in [-0.2, -0.15) is 0 Å². The second-order valence-corrected chi connectivity index (χ2v) is 10.8. The topological polar surface area (TPSA) is 76.9 Å². The first-order chi connectivity index (χ1) is 15.2. The van der Waals surface area contributed by atoms with Crippen molar-refractivity contribution in [2.75, 3.05) is 5.32 Å². The molecule has 4 rings (SSSR count). The van der Waals surface area contributed by atoms with Gasteiger partial charge in [-0.1, -0.05) is 58.0 Å². The van der Waals surface area contributed by atoms with Gasteiger partial charge in [0.25, 0.3) is 5.56 Å². The van der Waals surface area contributed by atoms with Crippen LogP contribution in [0, 0.1) is 11.3 Å². The van der Waals surface area contributed by atoms with Crippen LogP contribution in [0.25, 0.3) is 10.2 Å². The molecule has 2 aromatic heterocycles. The number of nitrogens with one attached hydrogen (secondary N) is 1. The summed E-state index contributed by atoms with van der Waals surface area (Å²) in [5, 5.41) is 12.1. The van der Waals surface area contributed by atoms with Gasteiger partial charge in [-0.3, -0.25) is 9.59 Å². The lowest BCUT2D eigenvalue weighted by Crippen LogP contribution is -2.31. The van der Waals surface area contributed by atoms with Crippen LogP contribution in [0.15, 0.2) is 23.0 Å². The number of para-hydroxylation sites is 1. The zero-order valence-corrected chi connectivity index (χ0v) is 20.4. The Labute approximate surface area is 193 Å². The van der Waals surface area contributed by atoms with E-state index in [2.05, 4.69) is 50.2 Å². The third-order valence-electron chi connectivity index (χ3n) is 6.72. The zero-order valence-electron chi connectivity index (χ0n) is 19.6. The molecule has 7 heteroatoms. The molecule has 1 atom stereocenters. The summed E-state index contributed by atoms with van der Waals surface area (Å²) in [5.74, 6) is 0.337. The Hall–Kier alpha value is -2.54. The molecule has 6 nitrogen and oxygen atoms in total. The first kappa shape index (κ1) is 22.6. The van der Waals surface area contributed by atoms with E-state index in [-0.39, 0.29) is 23.4 Å². The smallest absolute Gasteiger partial charge is 0.279 e. The second kappa shape index (κ2) is 8.77. The highest BCUT2D eigenvalue weighted by Crippen LogP contribution is 2.41. The van der Waals surface area contributed by atoms with Gasteiger partial charge in [0.1, 0.15) is 6.54 Å². The Morgan fingerprint density at radius 3 is 2.53 bits per heavy atom. The maximum absolute atomic E-state index is 13.3. The van der Waals surface area contributed by atoms with Crippen molar-refractivity contribution in [1.82, 2.24) is 15.0 Å². The number of thiophene rings is 1. The molecule has 0 aliphatic heterocycles. The van der Waals surface area contributed by atoms with Crippen LogP contribution in [-0.2, 0) is 37.0 Å². The van der Waals surface area contributed by atoms with Crippen LogP contribution in [0.4, 0.5) is 5.69 Å². The number of hydrogen-bond acceptors (Lipinski definition) is 5. The predicted octanol–water partition coefficient (Wildman–Crippen LogP) is 4.77. The van der Waals surface area contributed by atoms with Crippen LogP contribution in [0.1, 0.15) is 62.6 Å². The van der Waals surface area contributed by atoms with E-state index in [1.165, 1.54) is 9.56 Å². The first-order valence-corrected chi connectivity index (χ1v) is 12.3. The van der Waals surface area contributed by atoms with Crippen molar-refractivity contribution >= 4 is 33.1 Å². The molecule has 0 radical (unpaired) electrons. The van der Waals surface area contributed by atoms with Gasteiger partial charge in [0, 0.05) is 10.6 Å². The van der Waals surface area contributed by atoms with Crippen molar-refractivity contribution in [2.45, 2.75) is 73.3 Å². The minimum atomic E-state index is -0.256. The maximum Gasteiger partial charge on any atom is 0.279 e. The SMILES string of the molecule is CCc1cccc(CC)c1NC(=O)Cn1nnc2sc3c(c2c1=O)CCC(C(C)(C)C)C3. The molecule has 0 spiro atoms. The van der Waals surface area contributed by atoms with Crippen LogP contribution in [-0.4, -0.2) is 20.9 Å². The molecule has 32 heavy (non-hydrogen) atoms. The third kappa shape index (κ3) is 4.22. The van der Waals surface area contributed by atoms with E-state index in [9.17, 15) is 9.59 Å². The summed E-state index contributed by atoms with van der Waals surface area (Å²) >= 11 is 1.59. The number of nitrogens with zero attached hydrogens (tertiary/aromatic N) is 3. The molecule has 0 bridgehead atoms. The number of carbonyl (C=O) groups excluding carboxylic acids is 1. The van der Waals surface area contributed by atoms with E-state index in [1.54, 1.807) is 11.3 Å². The largest absolute Gasteiger partial charge is 0.324 e. The van der Waals surface area contributed by atoms with Gasteiger partial charge in [0.05, 0.1) is 5.39 Å². The molecular formula is C25H32N4O2S. The summed E-state index contributed by atoms with van der Waals surface area (Å²) in [7, 11) is 0. The van der Waals surface area contributed by atoms with Gasteiger partial charge in [0.2, 0.25) is 5.91 Å². The molecule has 1 N–H and O–H groups in total. The van der Waals surface area contributed by atoms with Gasteiger partial charge >= 0.3 is 0 Å². The lowest BCUT2D eigenvalue weighted by molar-refractivity contribution is -0.117. The summed E-state index contributed by atoms with van der Waals surface area (Å²) in [6.45, 7) is 10.8. The summed E-state index contributed by atoms with van der Waals surface area (Å²) < 4.78 is 1.21. The fraction of sp³-hybridized carbons (Fsp3) is 0.520. The molecule has 3 aromatic rings. The van der Waals surface area contributed by atoms with Crippen LogP contribution < -0.4 is 10.9 Å². The van der Waals surface area contributed by atoms with Crippen LogP contribution in [0.5, 0.6) is 0 Å². The fourth-order valence-electron chi connectivity index (χ4n) is 4.69. The highest BCUT2D eigenvalue weighted by molar-refractivity contribution is 7.18. The molecule has 1 aliphatic rings. The summed E-state index contributed by atoms with van der Waals surface area (Å²) in [5.41, 5.74) is 4.18. The van der Waals surface area contributed by atoms with Crippen LogP contribution >= 0.6 is 11.3 Å². The lowest BCUT2D eigenvalue weighted by Gasteiger charge is -2.33. The molecule has 0 saturated heterocycles. The Balaban J connectivity index is 1.61. The lowest BCUT2D eigenvalue weighted by atomic mass is 9.72. The van der Waals surface area contributed by atoms with E-state index >= 15 is 0 Å². The number of hydrogen-bond donors (Lipinski definition) is 1. The molecule has 2 heterocycles. The number of aromatic nitrogens is 3. The van der Waals surface area contributed by atoms with Gasteiger partial charge in [-0.05, 0) is 60.1 Å². The van der Waals surface area contributed by atoms with E-state index < -0.39 is 0 Å². The van der Waals surface area contributed by atoms with E-state index in [0.717, 1.165) is 54.5 Å². The van der Waals surface area contributed by atoms with E-state index in [0.29, 0.717) is 16.1 Å². The Morgan fingerprint density at radius 2 is 1.91 bits per heavy atom. The number of fused-ring (bicyclic) bond motifs is 3. The minimum absolute atomic E-state index is 0.141. The minimum Gasteiger partial charge on any atom is -0.324 e. The number of benzene rings is 1. The van der Waals surface area contributed by atoms with Crippen molar-refractivity contribution in [3.63, 3.8) is 0 Å². The van der Waals surface area contributed by atoms with Crippen molar-refractivity contribution in [2.24, 2.45) is 11.3 Å². The van der Waals surface area contributed by atoms with Gasteiger partial charge < -0.3 is 5.32 Å². The van der Waals surface area contributed by atoms with Crippen molar-refractivity contribution in [3.05, 3.63) is 50.1 Å². The Kier molecular flexibility index (Phi) is 6.21. The number of anilines is 1. The summed E-state index contributed by atoms with van der Waals surface area (Å²) in [6.07, 6.45) is 4.58. The Bertz CT molecular complexity index is 1200. The maximum atomic E-state index is 13.3. The quantitative estimate of drug-likeness (QED) is 0.605. The van der Waals surface area contributed by atoms with Crippen LogP contribution in [0.2, 0.25) is 0 Å². The van der Waals surface area contributed by atoms with E-state index in [1.807, 2.05) is 18.2 Å². The summed E-state index contributed by atoms with van der Waals surface area (Å²) in [4.78, 5) is 28.1. The molecule has 170 valence electrons. The monoisotopic (exact) mass is 452 g/mol. The molecule has 0 fully saturated rings. The molecule has 1 amide bonds. The Morgan fingerprint density at radius 1 is 1.22 bits per heavy atom. The average Bonchev–Trinajstić information content (AvgIpc) is 3.13. The van der Waals surface area contributed by atoms with Crippen molar-refractivity contribution < 1.29 is 4.79 Å². The van der Waals surface area contributed by atoms with Crippen molar-refractivity contribution in [1.29, 1.82) is 0 Å². The fourth-order valence-corrected chi connectivity index (χ4v) is 5.92. The highest BCUT2D eigenvalue weighted by Gasteiger charge is 2.32. The van der Waals surface area contributed by atoms with Gasteiger partial charge in [0.15, 0.2) is 4.83 Å². The van der Waals surface area contributed by atoms with E-state index in [4.69, 9.17) is 0 Å². The zero-order chi connectivity index (χ0) is 23.0. The molecule has 1 unspecified atom stereocenters. The number of rotatable bonds is 5. The number of carbonyl (C=O) groups is 1. The second-order valence-electron chi connectivity index (χ2n) is 9.75. The number of amides is 1. The molecular weight excluding hydrogens is 420 g/mol. The molecule has 0 saturated carbocycles. The number of aryl methyl sites for hydroxylation is 3. The standard InChI is InChI=1S/C25H32N4O2S/c1-6-15-9-8-10-16(7-2)22(15)26-20(30)14-29-24(31)21-18-12-11-17(25(3,4)5)13-19(18)32-23(21)27-28-29/h8-10,17H,6-7,11-14H2,1-5H3,(H,26,30). The predicted molar refractivity (Wildman–Crippen MR) is 130 cm³/mol. The van der Waals surface area contributed by atoms with Gasteiger partial charge in [-0.25, -0.2) is 4.68 Å². The first-order valence-electron chi connectivity index (χ1n) is 11.5. The van der Waals surface area contributed by atoms with Gasteiger partial charge in [-0.15, -0.1) is 16.4 Å². The van der Waals surface area contributed by atoms with Crippen molar-refractivity contribution in [3.8, 4) is 0 Å². The molecule has 1 aromatic carbocycles. The van der Waals surface area contributed by atoms with Crippen LogP contribution in [0.3, 0.4) is 0 Å². The summed E-state index contributed by atoms with van der Waals surface area (Å²) in [6, 6.07) is 6.06. The molecule has 1 aliphatic carbocycles. The average molecular weight is 453 g/mol. The highest BCUT2D eigenvalue weighted by atomic mass is 32.1. The normalized spacial score (nSPS) is 16.2.